The van der Waals surface area contributed by atoms with Gasteiger partial charge in [0.1, 0.15) is 16.8 Å². The van der Waals surface area contributed by atoms with Crippen LogP contribution in [0.3, 0.4) is 0 Å². The van der Waals surface area contributed by atoms with E-state index in [1.54, 1.807) is 7.11 Å². The minimum absolute atomic E-state index is 0.137. The van der Waals surface area contributed by atoms with Crippen molar-refractivity contribution in [1.29, 1.82) is 0 Å². The number of halogens is 1. The van der Waals surface area contributed by atoms with Gasteiger partial charge in [0.15, 0.2) is 0 Å². The van der Waals surface area contributed by atoms with Crippen LogP contribution in [0.1, 0.15) is 51.4 Å². The lowest BCUT2D eigenvalue weighted by molar-refractivity contribution is 0.157. The van der Waals surface area contributed by atoms with Gasteiger partial charge in [0, 0.05) is 31.7 Å². The van der Waals surface area contributed by atoms with E-state index in [1.165, 1.54) is 0 Å². The number of hydrogen-bond donors (Lipinski definition) is 1. The summed E-state index contributed by atoms with van der Waals surface area (Å²) in [4.78, 5) is 8.90. The fourth-order valence-corrected chi connectivity index (χ4v) is 1.90. The van der Waals surface area contributed by atoms with Gasteiger partial charge in [-0.15, -0.1) is 0 Å². The van der Waals surface area contributed by atoms with Crippen LogP contribution in [-0.2, 0) is 4.74 Å². The normalized spacial score (nSPS) is 12.0. The zero-order chi connectivity index (χ0) is 15.3. The van der Waals surface area contributed by atoms with Crippen LogP contribution in [0.4, 0.5) is 5.82 Å². The predicted octanol–water partition coefficient (Wildman–Crippen LogP) is 4.04. The van der Waals surface area contributed by atoms with Gasteiger partial charge < -0.3 is 10.1 Å². The zero-order valence-electron chi connectivity index (χ0n) is 13.4. The first-order chi connectivity index (χ1) is 9.26. The summed E-state index contributed by atoms with van der Waals surface area (Å²) in [7, 11) is 1.73. The summed E-state index contributed by atoms with van der Waals surface area (Å²) in [5, 5.41) is 3.94. The van der Waals surface area contributed by atoms with E-state index in [0.29, 0.717) is 5.15 Å². The third-order valence-corrected chi connectivity index (χ3v) is 3.71. The lowest BCUT2D eigenvalue weighted by Gasteiger charge is -2.25. The van der Waals surface area contributed by atoms with Crippen LogP contribution in [-0.4, -0.2) is 30.2 Å². The van der Waals surface area contributed by atoms with Crippen LogP contribution < -0.4 is 5.32 Å². The van der Waals surface area contributed by atoms with E-state index < -0.39 is 0 Å². The van der Waals surface area contributed by atoms with E-state index in [4.69, 9.17) is 16.3 Å². The Morgan fingerprint density at radius 3 is 2.50 bits per heavy atom. The van der Waals surface area contributed by atoms with Gasteiger partial charge in [-0.1, -0.05) is 39.3 Å². The van der Waals surface area contributed by atoms with Crippen LogP contribution in [0.2, 0.25) is 5.15 Å². The first-order valence-corrected chi connectivity index (χ1v) is 7.41. The fourth-order valence-electron chi connectivity index (χ4n) is 1.73. The maximum absolute atomic E-state index is 6.19. The topological polar surface area (TPSA) is 47.0 Å². The smallest absolute Gasteiger partial charge is 0.137 e. The second-order valence-electron chi connectivity index (χ2n) is 6.26. The number of methoxy groups -OCH3 is 1. The maximum Gasteiger partial charge on any atom is 0.137 e. The quantitative estimate of drug-likeness (QED) is 0.772. The van der Waals surface area contributed by atoms with Crippen molar-refractivity contribution >= 4 is 17.4 Å². The standard InChI is InChI=1S/C15H26ClN3O/c1-10(2)13-18-12(16)11(3)14(19-13)17-9-15(4,5)7-8-20-6/h10H,7-9H2,1-6H3,(H,17,18,19). The molecule has 0 amide bonds. The summed E-state index contributed by atoms with van der Waals surface area (Å²) in [6, 6.07) is 0. The number of nitrogens with zero attached hydrogens (tertiary/aromatic N) is 2. The van der Waals surface area contributed by atoms with Crippen molar-refractivity contribution in [3.8, 4) is 0 Å². The Bertz CT molecular complexity index is 447. The molecule has 0 saturated heterocycles. The Hall–Kier alpha value is -0.870. The van der Waals surface area contributed by atoms with Crippen molar-refractivity contribution in [3.63, 3.8) is 0 Å². The Kier molecular flexibility index (Phi) is 6.21. The highest BCUT2D eigenvalue weighted by atomic mass is 35.5. The highest BCUT2D eigenvalue weighted by Crippen LogP contribution is 2.25. The average molecular weight is 300 g/mol. The van der Waals surface area contributed by atoms with Crippen molar-refractivity contribution in [1.82, 2.24) is 9.97 Å². The molecule has 0 unspecified atom stereocenters. The van der Waals surface area contributed by atoms with Gasteiger partial charge in [-0.05, 0) is 18.8 Å². The molecule has 20 heavy (non-hydrogen) atoms. The molecule has 1 rings (SSSR count). The summed E-state index contributed by atoms with van der Waals surface area (Å²) in [6.07, 6.45) is 0.991. The van der Waals surface area contributed by atoms with Gasteiger partial charge in [-0.3, -0.25) is 0 Å². The van der Waals surface area contributed by atoms with Crippen molar-refractivity contribution < 1.29 is 4.74 Å². The lowest BCUT2D eigenvalue weighted by atomic mass is 9.90. The maximum atomic E-state index is 6.19. The SMILES string of the molecule is COCCC(C)(C)CNc1nc(C(C)C)nc(Cl)c1C. The molecule has 0 bridgehead atoms. The number of hydrogen-bond acceptors (Lipinski definition) is 4. The molecule has 0 atom stereocenters. The molecule has 0 aromatic carbocycles. The third kappa shape index (κ3) is 4.91. The van der Waals surface area contributed by atoms with E-state index in [0.717, 1.165) is 36.8 Å². The monoisotopic (exact) mass is 299 g/mol. The minimum atomic E-state index is 0.137. The fraction of sp³-hybridized carbons (Fsp3) is 0.733. The van der Waals surface area contributed by atoms with Crippen molar-refractivity contribution in [3.05, 3.63) is 16.5 Å². The van der Waals surface area contributed by atoms with Crippen LogP contribution in [0.25, 0.3) is 0 Å². The van der Waals surface area contributed by atoms with E-state index in [-0.39, 0.29) is 11.3 Å². The molecule has 0 aliphatic carbocycles. The first-order valence-electron chi connectivity index (χ1n) is 7.03. The number of nitrogens with one attached hydrogen (secondary N) is 1. The first kappa shape index (κ1) is 17.2. The van der Waals surface area contributed by atoms with Gasteiger partial charge in [-0.25, -0.2) is 9.97 Å². The van der Waals surface area contributed by atoms with Crippen LogP contribution >= 0.6 is 11.6 Å². The van der Waals surface area contributed by atoms with E-state index in [9.17, 15) is 0 Å². The van der Waals surface area contributed by atoms with Gasteiger partial charge in [0.05, 0.1) is 0 Å². The zero-order valence-corrected chi connectivity index (χ0v) is 14.1. The van der Waals surface area contributed by atoms with E-state index in [1.807, 2.05) is 6.92 Å². The molecule has 0 aliphatic rings. The molecule has 4 nitrogen and oxygen atoms in total. The summed E-state index contributed by atoms with van der Waals surface area (Å²) < 4.78 is 5.15. The van der Waals surface area contributed by atoms with Gasteiger partial charge in [0.25, 0.3) is 0 Å². The second kappa shape index (κ2) is 7.23. The van der Waals surface area contributed by atoms with Crippen molar-refractivity contribution in [2.75, 3.05) is 25.6 Å². The lowest BCUT2D eigenvalue weighted by Crippen LogP contribution is -2.25. The molecule has 0 spiro atoms. The highest BCUT2D eigenvalue weighted by Gasteiger charge is 2.19. The van der Waals surface area contributed by atoms with Crippen LogP contribution in [0.5, 0.6) is 0 Å². The second-order valence-corrected chi connectivity index (χ2v) is 6.62. The Morgan fingerprint density at radius 1 is 1.30 bits per heavy atom. The molecule has 1 aromatic heterocycles. The molecule has 1 heterocycles. The molecule has 0 saturated carbocycles. The number of rotatable bonds is 7. The Balaban J connectivity index is 2.81. The van der Waals surface area contributed by atoms with Crippen molar-refractivity contribution in [2.45, 2.75) is 47.0 Å². The summed E-state index contributed by atoms with van der Waals surface area (Å²) in [5.74, 6) is 1.87. The Labute approximate surface area is 127 Å². The number of aromatic nitrogens is 2. The van der Waals surface area contributed by atoms with Crippen molar-refractivity contribution in [2.24, 2.45) is 5.41 Å². The van der Waals surface area contributed by atoms with Gasteiger partial charge >= 0.3 is 0 Å². The summed E-state index contributed by atoms with van der Waals surface area (Å²) in [5.41, 5.74) is 1.04. The number of anilines is 1. The molecule has 0 radical (unpaired) electrons. The largest absolute Gasteiger partial charge is 0.385 e. The minimum Gasteiger partial charge on any atom is -0.385 e. The molecule has 1 N–H and O–H groups in total. The van der Waals surface area contributed by atoms with E-state index in [2.05, 4.69) is 43.0 Å². The highest BCUT2D eigenvalue weighted by molar-refractivity contribution is 6.30. The molecule has 0 aliphatic heterocycles. The molecule has 5 heteroatoms. The molecule has 0 fully saturated rings. The predicted molar refractivity (Wildman–Crippen MR) is 84.6 cm³/mol. The average Bonchev–Trinajstić information content (AvgIpc) is 2.37. The van der Waals surface area contributed by atoms with Crippen LogP contribution in [0, 0.1) is 12.3 Å². The Morgan fingerprint density at radius 2 is 1.95 bits per heavy atom. The van der Waals surface area contributed by atoms with Crippen LogP contribution in [0.15, 0.2) is 0 Å². The van der Waals surface area contributed by atoms with E-state index >= 15 is 0 Å². The van der Waals surface area contributed by atoms with Gasteiger partial charge in [-0.2, -0.15) is 0 Å². The number of ether oxygens (including phenoxy) is 1. The van der Waals surface area contributed by atoms with Gasteiger partial charge in [0.2, 0.25) is 0 Å². The molecule has 114 valence electrons. The summed E-state index contributed by atoms with van der Waals surface area (Å²) >= 11 is 6.19. The summed E-state index contributed by atoms with van der Waals surface area (Å²) in [6.45, 7) is 12.1. The molecule has 1 aromatic rings. The molecular weight excluding hydrogens is 274 g/mol. The molecular formula is C15H26ClN3O. The third-order valence-electron chi connectivity index (χ3n) is 3.34.